The number of H-pyrrole nitrogens is 1. The normalized spacial score (nSPS) is 19.1. The Balaban J connectivity index is 0.00000103. The summed E-state index contributed by atoms with van der Waals surface area (Å²) in [5.41, 5.74) is 7.73. The van der Waals surface area contributed by atoms with Crippen LogP contribution in [0.15, 0.2) is 51.7 Å². The topological polar surface area (TPSA) is 143 Å². The highest BCUT2D eigenvalue weighted by atomic mass is 32.2. The van der Waals surface area contributed by atoms with Crippen LogP contribution in [0.5, 0.6) is 0 Å². The first-order valence-corrected chi connectivity index (χ1v) is 12.9. The lowest BCUT2D eigenvalue weighted by atomic mass is 10.0. The molecule has 11 heteroatoms. The number of nitrogens with two attached hydrogens (primary N) is 1. The molecule has 4 rings (SSSR count). The second-order valence-electron chi connectivity index (χ2n) is 7.74. The molecule has 2 heterocycles. The second kappa shape index (κ2) is 12.6. The van der Waals surface area contributed by atoms with Crippen molar-refractivity contribution in [1.82, 2.24) is 14.5 Å². The van der Waals surface area contributed by atoms with Gasteiger partial charge in [-0.2, -0.15) is 4.31 Å². The van der Waals surface area contributed by atoms with E-state index < -0.39 is 26.8 Å². The fourth-order valence-electron chi connectivity index (χ4n) is 3.97. The van der Waals surface area contributed by atoms with Crippen LogP contribution >= 0.6 is 0 Å². The summed E-state index contributed by atoms with van der Waals surface area (Å²) in [5.74, 6) is -1.26. The van der Waals surface area contributed by atoms with E-state index in [1.165, 1.54) is 16.4 Å². The predicted molar refractivity (Wildman–Crippen MR) is 133 cm³/mol. The summed E-state index contributed by atoms with van der Waals surface area (Å²) in [4.78, 5) is 11.1. The number of nitrogens with one attached hydrogen (secondary N) is 1. The van der Waals surface area contributed by atoms with E-state index >= 15 is 0 Å². The molecule has 0 spiro atoms. The van der Waals surface area contributed by atoms with Gasteiger partial charge in [-0.1, -0.05) is 44.2 Å². The van der Waals surface area contributed by atoms with Crippen molar-refractivity contribution in [2.45, 2.75) is 57.9 Å². The third kappa shape index (κ3) is 6.56. The van der Waals surface area contributed by atoms with E-state index in [9.17, 15) is 17.6 Å². The molecule has 0 aliphatic carbocycles. The molecule has 0 radical (unpaired) electrons. The van der Waals surface area contributed by atoms with Crippen LogP contribution in [-0.4, -0.2) is 41.2 Å². The quantitative estimate of drug-likeness (QED) is 0.449. The van der Waals surface area contributed by atoms with E-state index in [2.05, 4.69) is 10.2 Å². The minimum Gasteiger partial charge on any atom is -0.400 e. The van der Waals surface area contributed by atoms with Gasteiger partial charge >= 0.3 is 5.76 Å². The van der Waals surface area contributed by atoms with E-state index in [0.29, 0.717) is 18.4 Å². The first-order valence-electron chi connectivity index (χ1n) is 11.4. The molecule has 0 unspecified atom stereocenters. The summed E-state index contributed by atoms with van der Waals surface area (Å²) in [6.07, 6.45) is 1.17. The lowest BCUT2D eigenvalue weighted by Crippen LogP contribution is -2.44. The summed E-state index contributed by atoms with van der Waals surface area (Å²) in [5, 5.41) is 12.1. The number of aliphatic hydroxyl groups excluding tert-OH is 1. The summed E-state index contributed by atoms with van der Waals surface area (Å²) >= 11 is 0. The van der Waals surface area contributed by atoms with Gasteiger partial charge in [-0.15, -0.1) is 5.10 Å². The van der Waals surface area contributed by atoms with Gasteiger partial charge in [0.05, 0.1) is 6.42 Å². The maximum atomic E-state index is 14.7. The van der Waals surface area contributed by atoms with E-state index in [0.717, 1.165) is 12.7 Å². The summed E-state index contributed by atoms with van der Waals surface area (Å²) in [6.45, 7) is 5.83. The molecule has 1 aliphatic rings. The number of aliphatic hydroxyl groups is 1. The van der Waals surface area contributed by atoms with Gasteiger partial charge in [0.2, 0.25) is 15.9 Å². The van der Waals surface area contributed by atoms with Gasteiger partial charge in [-0.3, -0.25) is 0 Å². The number of hydrogen-bond donors (Lipinski definition) is 3. The Kier molecular flexibility index (Phi) is 10.2. The van der Waals surface area contributed by atoms with Gasteiger partial charge < -0.3 is 15.3 Å². The minimum atomic E-state index is -3.66. The number of sulfonamides is 1. The second-order valence-corrected chi connectivity index (χ2v) is 9.81. The Labute approximate surface area is 204 Å². The largest absolute Gasteiger partial charge is 0.434 e. The SMILES string of the molecule is CC.CO.C[C@H]1CC[C@H](c2ccccc2)S(=O)(=O)N1Cc1cc(F)c(Cc2n[nH]c(=O)o2)cc1N. The van der Waals surface area contributed by atoms with Crippen LogP contribution in [0.4, 0.5) is 10.1 Å². The number of nitrogens with zero attached hydrogens (tertiary/aromatic N) is 2. The minimum absolute atomic E-state index is 0.0205. The van der Waals surface area contributed by atoms with Gasteiger partial charge in [0, 0.05) is 25.4 Å². The predicted octanol–water partition coefficient (Wildman–Crippen LogP) is 3.37. The number of aromatic amines is 1. The Morgan fingerprint density at radius 1 is 1.17 bits per heavy atom. The highest BCUT2D eigenvalue weighted by Crippen LogP contribution is 2.38. The molecule has 1 fully saturated rings. The Hall–Kier alpha value is -3.02. The molecule has 0 bridgehead atoms. The zero-order chi connectivity index (χ0) is 26.2. The number of nitrogen functional groups attached to an aromatic ring is 1. The van der Waals surface area contributed by atoms with Crippen LogP contribution in [-0.2, 0) is 23.0 Å². The molecule has 0 amide bonds. The van der Waals surface area contributed by atoms with Crippen molar-refractivity contribution in [1.29, 1.82) is 0 Å². The third-order valence-corrected chi connectivity index (χ3v) is 8.02. The molecule has 0 saturated carbocycles. The lowest BCUT2D eigenvalue weighted by molar-refractivity contribution is 0.282. The average Bonchev–Trinajstić information content (AvgIpc) is 3.27. The average molecular weight is 509 g/mol. The fourth-order valence-corrected chi connectivity index (χ4v) is 6.16. The van der Waals surface area contributed by atoms with Gasteiger partial charge in [0.1, 0.15) is 11.1 Å². The summed E-state index contributed by atoms with van der Waals surface area (Å²) < 4.78 is 47.7. The highest BCUT2D eigenvalue weighted by Gasteiger charge is 2.40. The van der Waals surface area contributed by atoms with Crippen molar-refractivity contribution in [3.05, 3.63) is 81.4 Å². The number of benzene rings is 2. The van der Waals surface area contributed by atoms with Crippen molar-refractivity contribution < 1.29 is 22.3 Å². The van der Waals surface area contributed by atoms with E-state index in [1.54, 1.807) is 0 Å². The van der Waals surface area contributed by atoms with Crippen LogP contribution in [0.2, 0.25) is 0 Å². The maximum absolute atomic E-state index is 14.7. The van der Waals surface area contributed by atoms with Crippen LogP contribution in [0, 0.1) is 5.82 Å². The molecule has 9 nitrogen and oxygen atoms in total. The maximum Gasteiger partial charge on any atom is 0.434 e. The molecule has 1 aromatic heterocycles. The Bertz CT molecular complexity index is 1240. The lowest BCUT2D eigenvalue weighted by Gasteiger charge is -2.37. The van der Waals surface area contributed by atoms with E-state index in [-0.39, 0.29) is 36.1 Å². The van der Waals surface area contributed by atoms with Crippen molar-refractivity contribution in [2.75, 3.05) is 12.8 Å². The van der Waals surface area contributed by atoms with Crippen LogP contribution in [0.1, 0.15) is 61.4 Å². The molecular formula is C24H33FN4O5S. The van der Waals surface area contributed by atoms with E-state index in [1.807, 2.05) is 51.1 Å². The van der Waals surface area contributed by atoms with Gasteiger partial charge in [0.15, 0.2) is 0 Å². The molecular weight excluding hydrogens is 475 g/mol. The number of anilines is 1. The molecule has 1 aliphatic heterocycles. The number of rotatable bonds is 5. The van der Waals surface area contributed by atoms with Crippen molar-refractivity contribution in [2.24, 2.45) is 0 Å². The number of aromatic nitrogens is 2. The molecule has 3 aromatic rings. The molecule has 4 N–H and O–H groups in total. The first kappa shape index (κ1) is 28.2. The van der Waals surface area contributed by atoms with Crippen molar-refractivity contribution >= 4 is 15.7 Å². The zero-order valence-electron chi connectivity index (χ0n) is 20.4. The molecule has 2 atom stereocenters. The molecule has 192 valence electrons. The van der Waals surface area contributed by atoms with Gasteiger partial charge in [0.25, 0.3) is 0 Å². The van der Waals surface area contributed by atoms with Crippen LogP contribution in [0.25, 0.3) is 0 Å². The Morgan fingerprint density at radius 3 is 2.43 bits per heavy atom. The smallest absolute Gasteiger partial charge is 0.400 e. The van der Waals surface area contributed by atoms with Crippen molar-refractivity contribution in [3.8, 4) is 0 Å². The number of halogens is 1. The third-order valence-electron chi connectivity index (χ3n) is 5.65. The first-order chi connectivity index (χ1) is 16.8. The van der Waals surface area contributed by atoms with Crippen LogP contribution < -0.4 is 11.5 Å². The fraction of sp³-hybridized carbons (Fsp3) is 0.417. The summed E-state index contributed by atoms with van der Waals surface area (Å²) in [6, 6.07) is 11.5. The highest BCUT2D eigenvalue weighted by molar-refractivity contribution is 7.89. The van der Waals surface area contributed by atoms with Crippen LogP contribution in [0.3, 0.4) is 0 Å². The zero-order valence-corrected chi connectivity index (χ0v) is 21.2. The van der Waals surface area contributed by atoms with E-state index in [4.69, 9.17) is 15.3 Å². The summed E-state index contributed by atoms with van der Waals surface area (Å²) in [7, 11) is -2.66. The van der Waals surface area contributed by atoms with Gasteiger partial charge in [-0.25, -0.2) is 22.7 Å². The molecule has 2 aromatic carbocycles. The Morgan fingerprint density at radius 2 is 1.83 bits per heavy atom. The van der Waals surface area contributed by atoms with Gasteiger partial charge in [-0.05, 0) is 48.6 Å². The number of hydrogen-bond acceptors (Lipinski definition) is 7. The molecule has 1 saturated heterocycles. The molecule has 35 heavy (non-hydrogen) atoms. The standard InChI is InChI=1S/C21H23FN4O4S.C2H6.CH4O/c1-13-7-8-19(14-5-3-2-4-6-14)31(28,29)26(13)12-16-9-17(22)15(10-18(16)23)11-20-24-25-21(27)30-20;2*1-2/h2-6,9-10,13,19H,7-8,11-12,23H2,1H3,(H,25,27);1-2H3;2H,1H3/t13-,19+;;/m0../s1. The van der Waals surface area contributed by atoms with Crippen molar-refractivity contribution in [3.63, 3.8) is 0 Å². The monoisotopic (exact) mass is 508 g/mol.